The van der Waals surface area contributed by atoms with Crippen molar-refractivity contribution in [1.29, 1.82) is 0 Å². The maximum atomic E-state index is 11.5. The van der Waals surface area contributed by atoms with Crippen molar-refractivity contribution >= 4 is 15.9 Å². The standard InChI is InChI=1S/C10H15BrN2O/c1-8-6-10(14)13(7-9(8)11)5-3-2-4-12/h6-7H,2-5,12H2,1H3. The summed E-state index contributed by atoms with van der Waals surface area (Å²) in [5, 5.41) is 0. The van der Waals surface area contributed by atoms with Crippen LogP contribution >= 0.6 is 15.9 Å². The molecule has 1 heterocycles. The maximum Gasteiger partial charge on any atom is 0.250 e. The van der Waals surface area contributed by atoms with Crippen molar-refractivity contribution in [3.8, 4) is 0 Å². The van der Waals surface area contributed by atoms with E-state index in [1.165, 1.54) is 0 Å². The molecule has 1 aromatic rings. The minimum Gasteiger partial charge on any atom is -0.330 e. The van der Waals surface area contributed by atoms with E-state index in [2.05, 4.69) is 15.9 Å². The monoisotopic (exact) mass is 258 g/mol. The van der Waals surface area contributed by atoms with E-state index >= 15 is 0 Å². The summed E-state index contributed by atoms with van der Waals surface area (Å²) in [6.45, 7) is 3.34. The topological polar surface area (TPSA) is 48.0 Å². The van der Waals surface area contributed by atoms with E-state index in [1.54, 1.807) is 10.6 Å². The number of nitrogens with zero attached hydrogens (tertiary/aromatic N) is 1. The van der Waals surface area contributed by atoms with Crippen molar-refractivity contribution in [3.63, 3.8) is 0 Å². The first-order valence-corrected chi connectivity index (χ1v) is 5.51. The van der Waals surface area contributed by atoms with Gasteiger partial charge < -0.3 is 10.3 Å². The SMILES string of the molecule is Cc1cc(=O)n(CCCCN)cc1Br. The second kappa shape index (κ2) is 5.32. The largest absolute Gasteiger partial charge is 0.330 e. The number of pyridine rings is 1. The fraction of sp³-hybridized carbons (Fsp3) is 0.500. The van der Waals surface area contributed by atoms with Gasteiger partial charge in [-0.05, 0) is 47.8 Å². The molecule has 0 aliphatic heterocycles. The molecule has 0 aliphatic carbocycles. The highest BCUT2D eigenvalue weighted by atomic mass is 79.9. The lowest BCUT2D eigenvalue weighted by atomic mass is 10.3. The van der Waals surface area contributed by atoms with Gasteiger partial charge in [-0.3, -0.25) is 4.79 Å². The van der Waals surface area contributed by atoms with Gasteiger partial charge in [0.15, 0.2) is 0 Å². The molecular formula is C10H15BrN2O. The maximum absolute atomic E-state index is 11.5. The molecule has 0 spiro atoms. The van der Waals surface area contributed by atoms with E-state index in [1.807, 2.05) is 13.1 Å². The zero-order valence-electron chi connectivity index (χ0n) is 8.29. The first-order chi connectivity index (χ1) is 6.65. The quantitative estimate of drug-likeness (QED) is 0.836. The van der Waals surface area contributed by atoms with Crippen molar-refractivity contribution in [3.05, 3.63) is 32.7 Å². The Morgan fingerprint density at radius 3 is 2.86 bits per heavy atom. The molecule has 0 amide bonds. The van der Waals surface area contributed by atoms with E-state index in [0.29, 0.717) is 6.54 Å². The Bertz CT molecular complexity index is 360. The van der Waals surface area contributed by atoms with Gasteiger partial charge in [-0.25, -0.2) is 0 Å². The third-order valence-electron chi connectivity index (χ3n) is 2.12. The Morgan fingerprint density at radius 2 is 2.21 bits per heavy atom. The molecule has 1 aromatic heterocycles. The van der Waals surface area contributed by atoms with Crippen molar-refractivity contribution in [1.82, 2.24) is 4.57 Å². The average Bonchev–Trinajstić information content (AvgIpc) is 2.14. The Labute approximate surface area is 92.1 Å². The Hall–Kier alpha value is -0.610. The molecule has 3 nitrogen and oxygen atoms in total. The smallest absolute Gasteiger partial charge is 0.250 e. The van der Waals surface area contributed by atoms with Crippen LogP contribution in [-0.4, -0.2) is 11.1 Å². The summed E-state index contributed by atoms with van der Waals surface area (Å²) in [6, 6.07) is 1.65. The second-order valence-corrected chi connectivity index (χ2v) is 4.19. The number of hydrogen-bond acceptors (Lipinski definition) is 2. The van der Waals surface area contributed by atoms with Gasteiger partial charge in [0, 0.05) is 23.3 Å². The molecule has 0 aliphatic rings. The van der Waals surface area contributed by atoms with E-state index in [0.717, 1.165) is 29.4 Å². The molecule has 0 unspecified atom stereocenters. The summed E-state index contributed by atoms with van der Waals surface area (Å²) in [7, 11) is 0. The average molecular weight is 259 g/mol. The summed E-state index contributed by atoms with van der Waals surface area (Å²) < 4.78 is 2.69. The van der Waals surface area contributed by atoms with Crippen LogP contribution in [0.4, 0.5) is 0 Å². The first-order valence-electron chi connectivity index (χ1n) is 4.72. The number of aryl methyl sites for hydroxylation is 2. The summed E-state index contributed by atoms with van der Waals surface area (Å²) in [6.07, 6.45) is 3.75. The fourth-order valence-electron chi connectivity index (χ4n) is 1.24. The Morgan fingerprint density at radius 1 is 1.50 bits per heavy atom. The molecule has 0 saturated heterocycles. The van der Waals surface area contributed by atoms with E-state index < -0.39 is 0 Å². The number of nitrogens with two attached hydrogens (primary N) is 1. The molecule has 0 radical (unpaired) electrons. The van der Waals surface area contributed by atoms with E-state index in [-0.39, 0.29) is 5.56 Å². The van der Waals surface area contributed by atoms with Gasteiger partial charge >= 0.3 is 0 Å². The molecular weight excluding hydrogens is 244 g/mol. The molecule has 0 fully saturated rings. The van der Waals surface area contributed by atoms with Crippen LogP contribution in [0.2, 0.25) is 0 Å². The minimum absolute atomic E-state index is 0.0581. The number of halogens is 1. The molecule has 14 heavy (non-hydrogen) atoms. The number of hydrogen-bond donors (Lipinski definition) is 1. The van der Waals surface area contributed by atoms with Crippen LogP contribution in [0.15, 0.2) is 21.5 Å². The number of unbranched alkanes of at least 4 members (excludes halogenated alkanes) is 1. The lowest BCUT2D eigenvalue weighted by Gasteiger charge is -2.06. The first kappa shape index (κ1) is 11.5. The van der Waals surface area contributed by atoms with Crippen LogP contribution in [0.1, 0.15) is 18.4 Å². The summed E-state index contributed by atoms with van der Waals surface area (Å²) in [4.78, 5) is 11.5. The zero-order chi connectivity index (χ0) is 10.6. The van der Waals surface area contributed by atoms with Crippen LogP contribution in [0.5, 0.6) is 0 Å². The predicted octanol–water partition coefficient (Wildman–Crippen LogP) is 1.66. The van der Waals surface area contributed by atoms with Crippen molar-refractivity contribution < 1.29 is 0 Å². The highest BCUT2D eigenvalue weighted by Crippen LogP contribution is 2.12. The number of rotatable bonds is 4. The van der Waals surface area contributed by atoms with Gasteiger partial charge in [-0.1, -0.05) is 0 Å². The summed E-state index contributed by atoms with van der Waals surface area (Å²) >= 11 is 3.40. The highest BCUT2D eigenvalue weighted by Gasteiger charge is 2.00. The van der Waals surface area contributed by atoms with Crippen molar-refractivity contribution in [2.45, 2.75) is 26.3 Å². The van der Waals surface area contributed by atoms with E-state index in [9.17, 15) is 4.79 Å². The molecule has 0 atom stereocenters. The van der Waals surface area contributed by atoms with Gasteiger partial charge in [0.1, 0.15) is 0 Å². The lowest BCUT2D eigenvalue weighted by molar-refractivity contribution is 0.596. The van der Waals surface area contributed by atoms with Gasteiger partial charge in [0.05, 0.1) is 0 Å². The summed E-state index contributed by atoms with van der Waals surface area (Å²) in [5.74, 6) is 0. The normalized spacial score (nSPS) is 10.5. The fourth-order valence-corrected chi connectivity index (χ4v) is 1.60. The Balaban J connectivity index is 2.77. The third-order valence-corrected chi connectivity index (χ3v) is 2.95. The molecule has 78 valence electrons. The van der Waals surface area contributed by atoms with Crippen LogP contribution in [0.3, 0.4) is 0 Å². The molecule has 0 bridgehead atoms. The van der Waals surface area contributed by atoms with Crippen molar-refractivity contribution in [2.24, 2.45) is 5.73 Å². The molecule has 2 N–H and O–H groups in total. The van der Waals surface area contributed by atoms with Gasteiger partial charge in [-0.2, -0.15) is 0 Å². The van der Waals surface area contributed by atoms with Gasteiger partial charge in [0.2, 0.25) is 0 Å². The van der Waals surface area contributed by atoms with Crippen LogP contribution < -0.4 is 11.3 Å². The Kier molecular flexibility index (Phi) is 4.35. The van der Waals surface area contributed by atoms with E-state index in [4.69, 9.17) is 5.73 Å². The number of aromatic nitrogens is 1. The molecule has 0 aromatic carbocycles. The lowest BCUT2D eigenvalue weighted by Crippen LogP contribution is -2.19. The zero-order valence-corrected chi connectivity index (χ0v) is 9.88. The van der Waals surface area contributed by atoms with Crippen LogP contribution in [-0.2, 0) is 6.54 Å². The predicted molar refractivity (Wildman–Crippen MR) is 61.4 cm³/mol. The molecule has 1 rings (SSSR count). The van der Waals surface area contributed by atoms with Gasteiger partial charge in [-0.15, -0.1) is 0 Å². The van der Waals surface area contributed by atoms with Crippen LogP contribution in [0, 0.1) is 6.92 Å². The second-order valence-electron chi connectivity index (χ2n) is 3.33. The van der Waals surface area contributed by atoms with Crippen molar-refractivity contribution in [2.75, 3.05) is 6.54 Å². The third kappa shape index (κ3) is 2.96. The molecule has 4 heteroatoms. The minimum atomic E-state index is 0.0581. The molecule has 0 saturated carbocycles. The van der Waals surface area contributed by atoms with Gasteiger partial charge in [0.25, 0.3) is 5.56 Å². The summed E-state index contributed by atoms with van der Waals surface area (Å²) in [5.41, 5.74) is 6.42. The highest BCUT2D eigenvalue weighted by molar-refractivity contribution is 9.10. The van der Waals surface area contributed by atoms with Crippen LogP contribution in [0.25, 0.3) is 0 Å².